The molecule has 0 atom stereocenters. The highest BCUT2D eigenvalue weighted by molar-refractivity contribution is 5.79. The van der Waals surface area contributed by atoms with Gasteiger partial charge in [-0.15, -0.1) is 0 Å². The van der Waals surface area contributed by atoms with Crippen LogP contribution in [0.3, 0.4) is 0 Å². The van der Waals surface area contributed by atoms with E-state index in [-0.39, 0.29) is 12.0 Å². The highest BCUT2D eigenvalue weighted by Crippen LogP contribution is 2.25. The quantitative estimate of drug-likeness (QED) is 0.730. The first kappa shape index (κ1) is 18.5. The molecule has 1 fully saturated rings. The first-order valence-electron chi connectivity index (χ1n) is 8.48. The van der Waals surface area contributed by atoms with Gasteiger partial charge < -0.3 is 24.8 Å². The van der Waals surface area contributed by atoms with Crippen molar-refractivity contribution in [3.8, 4) is 11.5 Å². The number of likely N-dealkylation sites (tertiary alicyclic amines) is 1. The van der Waals surface area contributed by atoms with Gasteiger partial charge in [0.25, 0.3) is 0 Å². The maximum absolute atomic E-state index is 12.6. The zero-order chi connectivity index (χ0) is 17.4. The van der Waals surface area contributed by atoms with E-state index in [2.05, 4.69) is 0 Å². The highest BCUT2D eigenvalue weighted by Gasteiger charge is 2.24. The molecule has 1 aliphatic rings. The summed E-state index contributed by atoms with van der Waals surface area (Å²) in [5, 5.41) is 0. The molecule has 0 spiro atoms. The number of nitrogens with zero attached hydrogens (tertiary/aromatic N) is 1. The number of benzene rings is 1. The molecule has 6 heteroatoms. The Hall–Kier alpha value is -1.79. The maximum Gasteiger partial charge on any atom is 0.227 e. The standard InChI is InChI=1S/C18H28N2O4/c1-22-16-4-5-17(23-2)14(12-16)13-18(21)20-9-6-15(7-10-20)24-11-3-8-19/h4-5,12,15H,3,6-11,13,19H2,1-2H3. The van der Waals surface area contributed by atoms with Crippen LogP contribution in [0.4, 0.5) is 0 Å². The lowest BCUT2D eigenvalue weighted by Crippen LogP contribution is -2.41. The fraction of sp³-hybridized carbons (Fsp3) is 0.611. The molecule has 0 radical (unpaired) electrons. The summed E-state index contributed by atoms with van der Waals surface area (Å²) in [5.74, 6) is 1.55. The number of carbonyl (C=O) groups is 1. The third-order valence-corrected chi connectivity index (χ3v) is 4.33. The van der Waals surface area contributed by atoms with Gasteiger partial charge in [-0.2, -0.15) is 0 Å². The van der Waals surface area contributed by atoms with E-state index >= 15 is 0 Å². The molecule has 0 saturated carbocycles. The molecule has 1 amide bonds. The van der Waals surface area contributed by atoms with E-state index < -0.39 is 0 Å². The van der Waals surface area contributed by atoms with Gasteiger partial charge in [0.1, 0.15) is 11.5 Å². The minimum atomic E-state index is 0.113. The molecule has 1 heterocycles. The molecule has 1 saturated heterocycles. The van der Waals surface area contributed by atoms with Crippen molar-refractivity contribution in [2.75, 3.05) is 40.5 Å². The molecular formula is C18H28N2O4. The van der Waals surface area contributed by atoms with Crippen LogP contribution in [0.5, 0.6) is 11.5 Å². The molecule has 1 aliphatic heterocycles. The minimum Gasteiger partial charge on any atom is -0.497 e. The second kappa shape index (κ2) is 9.49. The Balaban J connectivity index is 1.87. The molecule has 1 aromatic carbocycles. The SMILES string of the molecule is COc1ccc(OC)c(CC(=O)N2CCC(OCCCN)CC2)c1. The Morgan fingerprint density at radius 3 is 2.62 bits per heavy atom. The number of nitrogens with two attached hydrogens (primary N) is 1. The number of amides is 1. The first-order valence-corrected chi connectivity index (χ1v) is 8.48. The lowest BCUT2D eigenvalue weighted by molar-refractivity contribution is -0.133. The summed E-state index contributed by atoms with van der Waals surface area (Å²) in [6, 6.07) is 5.52. The number of ether oxygens (including phenoxy) is 3. The van der Waals surface area contributed by atoms with E-state index in [1.165, 1.54) is 0 Å². The predicted octanol–water partition coefficient (Wildman–Crippen LogP) is 1.60. The normalized spacial score (nSPS) is 15.4. The van der Waals surface area contributed by atoms with Gasteiger partial charge in [0.15, 0.2) is 0 Å². The molecule has 0 aliphatic carbocycles. The highest BCUT2D eigenvalue weighted by atomic mass is 16.5. The average Bonchev–Trinajstić information content (AvgIpc) is 2.62. The molecule has 0 unspecified atom stereocenters. The minimum absolute atomic E-state index is 0.113. The Kier molecular flexibility index (Phi) is 7.34. The van der Waals surface area contributed by atoms with Crippen LogP contribution in [0.15, 0.2) is 18.2 Å². The molecule has 0 aromatic heterocycles. The molecule has 2 rings (SSSR count). The zero-order valence-corrected chi connectivity index (χ0v) is 14.6. The summed E-state index contributed by atoms with van der Waals surface area (Å²) in [6.45, 7) is 2.83. The van der Waals surface area contributed by atoms with Crippen LogP contribution in [-0.4, -0.2) is 57.4 Å². The van der Waals surface area contributed by atoms with Gasteiger partial charge in [-0.1, -0.05) is 0 Å². The van der Waals surface area contributed by atoms with Crippen LogP contribution < -0.4 is 15.2 Å². The fourth-order valence-electron chi connectivity index (χ4n) is 2.90. The van der Waals surface area contributed by atoms with E-state index in [4.69, 9.17) is 19.9 Å². The molecule has 24 heavy (non-hydrogen) atoms. The van der Waals surface area contributed by atoms with Crippen molar-refractivity contribution in [2.45, 2.75) is 31.8 Å². The summed E-state index contributed by atoms with van der Waals surface area (Å²) in [6.07, 6.45) is 3.21. The number of hydrogen-bond acceptors (Lipinski definition) is 5. The van der Waals surface area contributed by atoms with Gasteiger partial charge in [-0.25, -0.2) is 0 Å². The largest absolute Gasteiger partial charge is 0.497 e. The van der Waals surface area contributed by atoms with Crippen LogP contribution in [0.1, 0.15) is 24.8 Å². The molecule has 6 nitrogen and oxygen atoms in total. The second-order valence-electron chi connectivity index (χ2n) is 5.95. The van der Waals surface area contributed by atoms with Gasteiger partial charge >= 0.3 is 0 Å². The molecule has 1 aromatic rings. The smallest absolute Gasteiger partial charge is 0.227 e. The number of piperidine rings is 1. The van der Waals surface area contributed by atoms with Crippen molar-refractivity contribution in [1.29, 1.82) is 0 Å². The zero-order valence-electron chi connectivity index (χ0n) is 14.6. The topological polar surface area (TPSA) is 74.0 Å². The van der Waals surface area contributed by atoms with E-state index in [0.29, 0.717) is 25.3 Å². The van der Waals surface area contributed by atoms with E-state index in [1.54, 1.807) is 14.2 Å². The van der Waals surface area contributed by atoms with Crippen molar-refractivity contribution in [2.24, 2.45) is 5.73 Å². The average molecular weight is 336 g/mol. The van der Waals surface area contributed by atoms with Gasteiger partial charge in [0.2, 0.25) is 5.91 Å². The van der Waals surface area contributed by atoms with Gasteiger partial charge in [0, 0.05) is 25.3 Å². The van der Waals surface area contributed by atoms with Gasteiger partial charge in [-0.05, 0) is 44.0 Å². The number of methoxy groups -OCH3 is 2. The Labute approximate surface area is 143 Å². The summed E-state index contributed by atoms with van der Waals surface area (Å²) in [4.78, 5) is 14.5. The van der Waals surface area contributed by atoms with Crippen LogP contribution in [0, 0.1) is 0 Å². The first-order chi connectivity index (χ1) is 11.7. The van der Waals surface area contributed by atoms with Crippen LogP contribution in [0.25, 0.3) is 0 Å². The van der Waals surface area contributed by atoms with Crippen molar-refractivity contribution in [1.82, 2.24) is 4.90 Å². The summed E-state index contributed by atoms with van der Waals surface area (Å²) < 4.78 is 16.4. The molecular weight excluding hydrogens is 308 g/mol. The van der Waals surface area contributed by atoms with Crippen molar-refractivity contribution in [3.05, 3.63) is 23.8 Å². The van der Waals surface area contributed by atoms with E-state index in [1.807, 2.05) is 23.1 Å². The predicted molar refractivity (Wildman–Crippen MR) is 92.5 cm³/mol. The van der Waals surface area contributed by atoms with Crippen LogP contribution in [-0.2, 0) is 16.0 Å². The summed E-state index contributed by atoms with van der Waals surface area (Å²) in [7, 11) is 3.23. The lowest BCUT2D eigenvalue weighted by Gasteiger charge is -2.32. The second-order valence-corrected chi connectivity index (χ2v) is 5.95. The summed E-state index contributed by atoms with van der Waals surface area (Å²) >= 11 is 0. The molecule has 2 N–H and O–H groups in total. The Morgan fingerprint density at radius 2 is 2.00 bits per heavy atom. The number of hydrogen-bond donors (Lipinski definition) is 1. The van der Waals surface area contributed by atoms with Crippen molar-refractivity contribution in [3.63, 3.8) is 0 Å². The third kappa shape index (κ3) is 5.11. The Bertz CT molecular complexity index is 528. The van der Waals surface area contributed by atoms with E-state index in [0.717, 1.165) is 43.7 Å². The monoisotopic (exact) mass is 336 g/mol. The summed E-state index contributed by atoms with van der Waals surface area (Å²) in [5.41, 5.74) is 6.32. The van der Waals surface area contributed by atoms with E-state index in [9.17, 15) is 4.79 Å². The van der Waals surface area contributed by atoms with Crippen LogP contribution >= 0.6 is 0 Å². The van der Waals surface area contributed by atoms with Crippen molar-refractivity contribution >= 4 is 5.91 Å². The lowest BCUT2D eigenvalue weighted by atomic mass is 10.1. The van der Waals surface area contributed by atoms with Gasteiger partial charge in [0.05, 0.1) is 26.7 Å². The van der Waals surface area contributed by atoms with Crippen molar-refractivity contribution < 1.29 is 19.0 Å². The molecule has 0 bridgehead atoms. The number of rotatable bonds is 8. The van der Waals surface area contributed by atoms with Crippen LogP contribution in [0.2, 0.25) is 0 Å². The molecule has 134 valence electrons. The maximum atomic E-state index is 12.6. The third-order valence-electron chi connectivity index (χ3n) is 4.33. The Morgan fingerprint density at radius 1 is 1.25 bits per heavy atom. The van der Waals surface area contributed by atoms with Gasteiger partial charge in [-0.3, -0.25) is 4.79 Å². The fourth-order valence-corrected chi connectivity index (χ4v) is 2.90. The number of carbonyl (C=O) groups excluding carboxylic acids is 1.